The molecule has 0 aliphatic carbocycles. The largest absolute Gasteiger partial charge is 0.497 e. The number of piperidine rings is 1. The Morgan fingerprint density at radius 3 is 2.40 bits per heavy atom. The number of rotatable bonds is 6. The molecule has 3 aromatic rings. The highest BCUT2D eigenvalue weighted by molar-refractivity contribution is 5.79. The number of nitrogens with zero attached hydrogens (tertiary/aromatic N) is 3. The molecule has 1 saturated heterocycles. The highest BCUT2D eigenvalue weighted by Crippen LogP contribution is 2.31. The van der Waals surface area contributed by atoms with Crippen molar-refractivity contribution in [2.45, 2.75) is 45.3 Å². The van der Waals surface area contributed by atoms with E-state index in [9.17, 15) is 18.0 Å². The van der Waals surface area contributed by atoms with E-state index in [2.05, 4.69) is 15.3 Å². The molecule has 6 nitrogen and oxygen atoms in total. The Balaban J connectivity index is 1.37. The normalized spacial score (nSPS) is 14.7. The van der Waals surface area contributed by atoms with Crippen molar-refractivity contribution in [1.29, 1.82) is 0 Å². The first kappa shape index (κ1) is 24.6. The van der Waals surface area contributed by atoms with Gasteiger partial charge in [0.2, 0.25) is 5.91 Å². The molecule has 4 rings (SSSR count). The second-order valence-corrected chi connectivity index (χ2v) is 8.81. The van der Waals surface area contributed by atoms with Gasteiger partial charge >= 0.3 is 6.18 Å². The molecule has 2 aromatic carbocycles. The minimum Gasteiger partial charge on any atom is -0.497 e. The van der Waals surface area contributed by atoms with Gasteiger partial charge in [-0.1, -0.05) is 6.07 Å². The summed E-state index contributed by atoms with van der Waals surface area (Å²) in [7, 11) is 1.64. The Morgan fingerprint density at radius 1 is 1.09 bits per heavy atom. The number of aryl methyl sites for hydroxylation is 1. The van der Waals surface area contributed by atoms with Gasteiger partial charge in [0, 0.05) is 36.1 Å². The van der Waals surface area contributed by atoms with Crippen molar-refractivity contribution in [3.05, 3.63) is 71.0 Å². The minimum atomic E-state index is -4.43. The SMILES string of the molecule is COc1ccc(N2CCC(NC(=O)Cc3c(C)nn(-c4cccc(C(F)(F)F)c4)c3C)CC2)cc1. The van der Waals surface area contributed by atoms with Crippen molar-refractivity contribution < 1.29 is 22.7 Å². The van der Waals surface area contributed by atoms with Crippen molar-refractivity contribution in [2.75, 3.05) is 25.1 Å². The molecule has 1 aromatic heterocycles. The maximum absolute atomic E-state index is 13.1. The zero-order chi connectivity index (χ0) is 25.2. The summed E-state index contributed by atoms with van der Waals surface area (Å²) in [6.45, 7) is 5.22. The lowest BCUT2D eigenvalue weighted by Gasteiger charge is -2.34. The number of carbonyl (C=O) groups is 1. The second kappa shape index (κ2) is 10.0. The number of nitrogens with one attached hydrogen (secondary N) is 1. The van der Waals surface area contributed by atoms with Gasteiger partial charge in [-0.2, -0.15) is 18.3 Å². The minimum absolute atomic E-state index is 0.0797. The van der Waals surface area contributed by atoms with E-state index in [-0.39, 0.29) is 18.4 Å². The van der Waals surface area contributed by atoms with Crippen LogP contribution in [0.3, 0.4) is 0 Å². The molecular formula is C26H29F3N4O2. The highest BCUT2D eigenvalue weighted by atomic mass is 19.4. The van der Waals surface area contributed by atoms with E-state index >= 15 is 0 Å². The average Bonchev–Trinajstić information content (AvgIpc) is 3.12. The third-order valence-corrected chi connectivity index (χ3v) is 6.49. The van der Waals surface area contributed by atoms with Gasteiger partial charge in [0.05, 0.1) is 30.5 Å². The Morgan fingerprint density at radius 2 is 1.77 bits per heavy atom. The molecule has 0 atom stereocenters. The summed E-state index contributed by atoms with van der Waals surface area (Å²) in [5.41, 5.74) is 2.73. The van der Waals surface area contributed by atoms with Gasteiger partial charge in [0.15, 0.2) is 0 Å². The van der Waals surface area contributed by atoms with Crippen LogP contribution in [-0.4, -0.2) is 41.9 Å². The maximum Gasteiger partial charge on any atom is 0.416 e. The third kappa shape index (κ3) is 5.61. The molecule has 0 spiro atoms. The summed E-state index contributed by atoms with van der Waals surface area (Å²) in [5.74, 6) is 0.709. The molecule has 1 fully saturated rings. The number of ether oxygens (including phenoxy) is 1. The summed E-state index contributed by atoms with van der Waals surface area (Å²) in [6.07, 6.45) is -2.63. The van der Waals surface area contributed by atoms with Crippen molar-refractivity contribution in [3.63, 3.8) is 0 Å². The quantitative estimate of drug-likeness (QED) is 0.542. The number of carbonyl (C=O) groups excluding carboxylic acids is 1. The smallest absolute Gasteiger partial charge is 0.416 e. The standard InChI is InChI=1S/C26H29F3N4O2/c1-17-24(18(2)33(31-17)22-6-4-5-19(15-22)26(27,28)29)16-25(34)30-20-11-13-32(14-12-20)21-7-9-23(35-3)10-8-21/h4-10,15,20H,11-14,16H2,1-3H3,(H,30,34). The monoisotopic (exact) mass is 486 g/mol. The van der Waals surface area contributed by atoms with E-state index in [0.29, 0.717) is 17.1 Å². The second-order valence-electron chi connectivity index (χ2n) is 8.81. The number of hydrogen-bond acceptors (Lipinski definition) is 4. The molecule has 1 N–H and O–H groups in total. The number of benzene rings is 2. The Kier molecular flexibility index (Phi) is 7.05. The van der Waals surface area contributed by atoms with Crippen molar-refractivity contribution >= 4 is 11.6 Å². The van der Waals surface area contributed by atoms with Gasteiger partial charge in [-0.25, -0.2) is 4.68 Å². The topological polar surface area (TPSA) is 59.4 Å². The predicted octanol–water partition coefficient (Wildman–Crippen LogP) is 4.84. The molecule has 0 unspecified atom stereocenters. The molecule has 2 heterocycles. The van der Waals surface area contributed by atoms with Crippen molar-refractivity contribution in [1.82, 2.24) is 15.1 Å². The van der Waals surface area contributed by atoms with Crippen LogP contribution in [0.25, 0.3) is 5.69 Å². The lowest BCUT2D eigenvalue weighted by molar-refractivity contribution is -0.137. The lowest BCUT2D eigenvalue weighted by atomic mass is 10.0. The fourth-order valence-corrected chi connectivity index (χ4v) is 4.51. The molecular weight excluding hydrogens is 457 g/mol. The molecule has 186 valence electrons. The van der Waals surface area contributed by atoms with Gasteiger partial charge in [-0.05, 0) is 69.2 Å². The van der Waals surface area contributed by atoms with Gasteiger partial charge in [-0.15, -0.1) is 0 Å². The third-order valence-electron chi connectivity index (χ3n) is 6.49. The maximum atomic E-state index is 13.1. The summed E-state index contributed by atoms with van der Waals surface area (Å²) >= 11 is 0. The zero-order valence-corrected chi connectivity index (χ0v) is 20.0. The summed E-state index contributed by atoms with van der Waals surface area (Å²) < 4.78 is 46.1. The van der Waals surface area contributed by atoms with Gasteiger partial charge in [-0.3, -0.25) is 4.79 Å². The number of anilines is 1. The van der Waals surface area contributed by atoms with E-state index in [0.717, 1.165) is 55.1 Å². The van der Waals surface area contributed by atoms with Crippen LogP contribution in [0.15, 0.2) is 48.5 Å². The first-order valence-corrected chi connectivity index (χ1v) is 11.6. The van der Waals surface area contributed by atoms with Crippen LogP contribution in [0.4, 0.5) is 18.9 Å². The Bertz CT molecular complexity index is 1180. The molecule has 1 amide bonds. The summed E-state index contributed by atoms with van der Waals surface area (Å²) in [6, 6.07) is 13.1. The fourth-order valence-electron chi connectivity index (χ4n) is 4.51. The molecule has 0 radical (unpaired) electrons. The van der Waals surface area contributed by atoms with E-state index in [1.165, 1.54) is 10.7 Å². The predicted molar refractivity (Wildman–Crippen MR) is 128 cm³/mol. The molecule has 9 heteroatoms. The first-order chi connectivity index (χ1) is 16.7. The van der Waals surface area contributed by atoms with E-state index in [1.807, 2.05) is 24.3 Å². The van der Waals surface area contributed by atoms with Crippen LogP contribution in [-0.2, 0) is 17.4 Å². The zero-order valence-electron chi connectivity index (χ0n) is 20.0. The molecule has 1 aliphatic heterocycles. The number of methoxy groups -OCH3 is 1. The number of aromatic nitrogens is 2. The van der Waals surface area contributed by atoms with Crippen molar-refractivity contribution in [2.24, 2.45) is 0 Å². The van der Waals surface area contributed by atoms with E-state index < -0.39 is 11.7 Å². The number of amides is 1. The van der Waals surface area contributed by atoms with Crippen LogP contribution in [0.1, 0.15) is 35.4 Å². The molecule has 1 aliphatic rings. The number of hydrogen-bond donors (Lipinski definition) is 1. The van der Waals surface area contributed by atoms with Crippen LogP contribution in [0.5, 0.6) is 5.75 Å². The van der Waals surface area contributed by atoms with Gasteiger partial charge in [0.25, 0.3) is 0 Å². The van der Waals surface area contributed by atoms with Gasteiger partial charge < -0.3 is 15.0 Å². The fraction of sp³-hybridized carbons (Fsp3) is 0.385. The van der Waals surface area contributed by atoms with Crippen LogP contribution in [0.2, 0.25) is 0 Å². The van der Waals surface area contributed by atoms with Gasteiger partial charge in [0.1, 0.15) is 5.75 Å². The number of alkyl halides is 3. The van der Waals surface area contributed by atoms with Crippen molar-refractivity contribution in [3.8, 4) is 11.4 Å². The first-order valence-electron chi connectivity index (χ1n) is 11.6. The summed E-state index contributed by atoms with van der Waals surface area (Å²) in [4.78, 5) is 15.1. The molecule has 35 heavy (non-hydrogen) atoms. The summed E-state index contributed by atoms with van der Waals surface area (Å²) in [5, 5.41) is 7.53. The highest BCUT2D eigenvalue weighted by Gasteiger charge is 2.31. The van der Waals surface area contributed by atoms with Crippen LogP contribution < -0.4 is 15.0 Å². The van der Waals surface area contributed by atoms with E-state index in [1.54, 1.807) is 27.0 Å². The van der Waals surface area contributed by atoms with E-state index in [4.69, 9.17) is 4.74 Å². The Labute approximate surface area is 202 Å². The molecule has 0 bridgehead atoms. The Hall–Kier alpha value is -3.49. The lowest BCUT2D eigenvalue weighted by Crippen LogP contribution is -2.45. The van der Waals surface area contributed by atoms with Crippen LogP contribution >= 0.6 is 0 Å². The average molecular weight is 487 g/mol. The van der Waals surface area contributed by atoms with Crippen LogP contribution in [0, 0.1) is 13.8 Å². The number of halogens is 3. The molecule has 0 saturated carbocycles.